The molecule has 0 aliphatic carbocycles. The zero-order valence-electron chi connectivity index (χ0n) is 10.4. The van der Waals surface area contributed by atoms with E-state index in [1.807, 2.05) is 31.6 Å². The number of nitrogens with two attached hydrogens (primary N) is 1. The van der Waals surface area contributed by atoms with Crippen LogP contribution in [0.5, 0.6) is 5.75 Å². The molecular weight excluding hydrogens is 250 g/mol. The first-order chi connectivity index (χ1) is 8.60. The minimum absolute atomic E-state index is 0.138. The first-order valence-electron chi connectivity index (χ1n) is 5.66. The van der Waals surface area contributed by atoms with Crippen molar-refractivity contribution in [2.45, 2.75) is 12.5 Å². The quantitative estimate of drug-likeness (QED) is 0.923. The van der Waals surface area contributed by atoms with Gasteiger partial charge in [-0.2, -0.15) is 5.10 Å². The molecule has 18 heavy (non-hydrogen) atoms. The number of ether oxygens (including phenoxy) is 1. The number of hydrogen-bond acceptors (Lipinski definition) is 3. The molecule has 4 nitrogen and oxygen atoms in total. The summed E-state index contributed by atoms with van der Waals surface area (Å²) in [6.45, 7) is 0. The van der Waals surface area contributed by atoms with Gasteiger partial charge in [0.05, 0.1) is 13.3 Å². The summed E-state index contributed by atoms with van der Waals surface area (Å²) in [5, 5.41) is 4.77. The van der Waals surface area contributed by atoms with Gasteiger partial charge >= 0.3 is 0 Å². The molecule has 0 aliphatic rings. The van der Waals surface area contributed by atoms with E-state index in [2.05, 4.69) is 5.10 Å². The van der Waals surface area contributed by atoms with Gasteiger partial charge in [-0.1, -0.05) is 17.7 Å². The third-order valence-electron chi connectivity index (χ3n) is 2.81. The number of benzene rings is 1. The van der Waals surface area contributed by atoms with E-state index >= 15 is 0 Å². The second-order valence-corrected chi connectivity index (χ2v) is 4.66. The maximum absolute atomic E-state index is 6.20. The third-order valence-corrected chi connectivity index (χ3v) is 3.04. The first kappa shape index (κ1) is 12.9. The van der Waals surface area contributed by atoms with Crippen molar-refractivity contribution >= 4 is 11.6 Å². The zero-order chi connectivity index (χ0) is 13.1. The fourth-order valence-electron chi connectivity index (χ4n) is 1.93. The van der Waals surface area contributed by atoms with Gasteiger partial charge in [-0.25, -0.2) is 0 Å². The predicted octanol–water partition coefficient (Wildman–Crippen LogP) is 2.32. The van der Waals surface area contributed by atoms with Crippen LogP contribution in [0, 0.1) is 0 Å². The molecule has 96 valence electrons. The van der Waals surface area contributed by atoms with Gasteiger partial charge in [0.15, 0.2) is 0 Å². The minimum Gasteiger partial charge on any atom is -0.496 e. The number of nitrogens with zero attached hydrogens (tertiary/aromatic N) is 2. The van der Waals surface area contributed by atoms with Crippen molar-refractivity contribution < 1.29 is 4.74 Å². The summed E-state index contributed by atoms with van der Waals surface area (Å²) in [5.74, 6) is 0.721. The summed E-state index contributed by atoms with van der Waals surface area (Å²) in [5.41, 5.74) is 8.25. The second-order valence-electron chi connectivity index (χ2n) is 4.22. The van der Waals surface area contributed by atoms with Gasteiger partial charge in [-0.05, 0) is 24.1 Å². The molecule has 0 bridgehead atoms. The topological polar surface area (TPSA) is 53.1 Å². The molecule has 1 aromatic carbocycles. The molecule has 0 spiro atoms. The Morgan fingerprint density at radius 2 is 2.28 bits per heavy atom. The van der Waals surface area contributed by atoms with Crippen LogP contribution in [0.1, 0.15) is 17.2 Å². The van der Waals surface area contributed by atoms with Crippen LogP contribution in [0.15, 0.2) is 30.6 Å². The average Bonchev–Trinajstić information content (AvgIpc) is 2.74. The summed E-state index contributed by atoms with van der Waals surface area (Å²) >= 11 is 5.93. The summed E-state index contributed by atoms with van der Waals surface area (Å²) in [7, 11) is 3.50. The first-order valence-corrected chi connectivity index (χ1v) is 6.04. The molecule has 0 amide bonds. The van der Waals surface area contributed by atoms with E-state index < -0.39 is 0 Å². The van der Waals surface area contributed by atoms with Crippen LogP contribution in [0.3, 0.4) is 0 Å². The molecule has 2 rings (SSSR count). The standard InChI is InChI=1S/C13H16ClN3O/c1-17-8-9(7-16-17)5-12(15)11-4-3-10(14)6-13(11)18-2/h3-4,6-8,12H,5,15H2,1-2H3. The van der Waals surface area contributed by atoms with E-state index in [0.29, 0.717) is 11.4 Å². The predicted molar refractivity (Wildman–Crippen MR) is 71.8 cm³/mol. The van der Waals surface area contributed by atoms with Crippen molar-refractivity contribution in [1.29, 1.82) is 0 Å². The van der Waals surface area contributed by atoms with Crippen LogP contribution in [-0.4, -0.2) is 16.9 Å². The minimum atomic E-state index is -0.138. The third kappa shape index (κ3) is 2.83. The Morgan fingerprint density at radius 3 is 2.89 bits per heavy atom. The average molecular weight is 266 g/mol. The normalized spacial score (nSPS) is 12.4. The molecule has 0 saturated carbocycles. The molecule has 1 heterocycles. The van der Waals surface area contributed by atoms with Crippen LogP contribution < -0.4 is 10.5 Å². The molecule has 0 saturated heterocycles. The number of hydrogen-bond donors (Lipinski definition) is 1. The Labute approximate surface area is 111 Å². The van der Waals surface area contributed by atoms with Gasteiger partial charge in [0, 0.05) is 29.9 Å². The molecule has 0 radical (unpaired) electrons. The number of halogens is 1. The molecule has 0 aliphatic heterocycles. The summed E-state index contributed by atoms with van der Waals surface area (Å²) in [6, 6.07) is 5.37. The van der Waals surface area contributed by atoms with Crippen molar-refractivity contribution in [3.63, 3.8) is 0 Å². The van der Waals surface area contributed by atoms with Crippen LogP contribution in [0.4, 0.5) is 0 Å². The number of methoxy groups -OCH3 is 1. The zero-order valence-corrected chi connectivity index (χ0v) is 11.2. The largest absolute Gasteiger partial charge is 0.496 e. The van der Waals surface area contributed by atoms with Gasteiger partial charge in [-0.15, -0.1) is 0 Å². The summed E-state index contributed by atoms with van der Waals surface area (Å²) in [6.07, 6.45) is 4.50. The van der Waals surface area contributed by atoms with E-state index in [0.717, 1.165) is 16.9 Å². The molecule has 1 atom stereocenters. The van der Waals surface area contributed by atoms with Gasteiger partial charge in [0.25, 0.3) is 0 Å². The van der Waals surface area contributed by atoms with E-state index in [1.165, 1.54) is 0 Å². The monoisotopic (exact) mass is 265 g/mol. The number of rotatable bonds is 4. The van der Waals surface area contributed by atoms with Crippen LogP contribution in [-0.2, 0) is 13.5 Å². The number of aryl methyl sites for hydroxylation is 1. The highest BCUT2D eigenvalue weighted by atomic mass is 35.5. The van der Waals surface area contributed by atoms with Gasteiger partial charge in [0.1, 0.15) is 5.75 Å². The van der Waals surface area contributed by atoms with E-state index in [-0.39, 0.29) is 6.04 Å². The van der Waals surface area contributed by atoms with E-state index in [9.17, 15) is 0 Å². The SMILES string of the molecule is COc1cc(Cl)ccc1C(N)Cc1cnn(C)c1. The Morgan fingerprint density at radius 1 is 1.50 bits per heavy atom. The Bertz CT molecular complexity index is 539. The van der Waals surface area contributed by atoms with Crippen molar-refractivity contribution in [1.82, 2.24) is 9.78 Å². The highest BCUT2D eigenvalue weighted by Gasteiger charge is 2.13. The molecule has 2 N–H and O–H groups in total. The molecule has 0 fully saturated rings. The maximum atomic E-state index is 6.20. The highest BCUT2D eigenvalue weighted by Crippen LogP contribution is 2.28. The Hall–Kier alpha value is -1.52. The lowest BCUT2D eigenvalue weighted by Crippen LogP contribution is -2.14. The van der Waals surface area contributed by atoms with Crippen molar-refractivity contribution in [3.05, 3.63) is 46.7 Å². The van der Waals surface area contributed by atoms with Crippen LogP contribution >= 0.6 is 11.6 Å². The van der Waals surface area contributed by atoms with Crippen LogP contribution in [0.2, 0.25) is 5.02 Å². The molecule has 1 aromatic heterocycles. The second kappa shape index (κ2) is 5.42. The smallest absolute Gasteiger partial charge is 0.125 e. The fraction of sp³-hybridized carbons (Fsp3) is 0.308. The Kier molecular flexibility index (Phi) is 3.89. The van der Waals surface area contributed by atoms with E-state index in [4.69, 9.17) is 22.1 Å². The molecule has 2 aromatic rings. The van der Waals surface area contributed by atoms with Crippen LogP contribution in [0.25, 0.3) is 0 Å². The lowest BCUT2D eigenvalue weighted by atomic mass is 10.0. The van der Waals surface area contributed by atoms with Crippen molar-refractivity contribution in [3.8, 4) is 5.75 Å². The Balaban J connectivity index is 2.20. The van der Waals surface area contributed by atoms with Crippen molar-refractivity contribution in [2.24, 2.45) is 12.8 Å². The van der Waals surface area contributed by atoms with Gasteiger partial charge in [0.2, 0.25) is 0 Å². The lowest BCUT2D eigenvalue weighted by molar-refractivity contribution is 0.405. The number of aromatic nitrogens is 2. The maximum Gasteiger partial charge on any atom is 0.125 e. The lowest BCUT2D eigenvalue weighted by Gasteiger charge is -2.15. The fourth-order valence-corrected chi connectivity index (χ4v) is 2.09. The highest BCUT2D eigenvalue weighted by molar-refractivity contribution is 6.30. The molecular formula is C13H16ClN3O. The molecule has 5 heteroatoms. The molecule has 1 unspecified atom stereocenters. The van der Waals surface area contributed by atoms with Gasteiger partial charge < -0.3 is 10.5 Å². The summed E-state index contributed by atoms with van der Waals surface area (Å²) < 4.78 is 7.07. The van der Waals surface area contributed by atoms with E-state index in [1.54, 1.807) is 17.9 Å². The van der Waals surface area contributed by atoms with Gasteiger partial charge in [-0.3, -0.25) is 4.68 Å². The van der Waals surface area contributed by atoms with Crippen molar-refractivity contribution in [2.75, 3.05) is 7.11 Å². The summed E-state index contributed by atoms with van der Waals surface area (Å²) in [4.78, 5) is 0.